The van der Waals surface area contributed by atoms with Gasteiger partial charge >= 0.3 is 0 Å². The molecule has 0 aromatic heterocycles. The van der Waals surface area contributed by atoms with Crippen molar-refractivity contribution in [3.63, 3.8) is 0 Å². The first-order chi connectivity index (χ1) is 6.35. The summed E-state index contributed by atoms with van der Waals surface area (Å²) in [6, 6.07) is 0. The molecule has 0 aliphatic rings. The maximum atomic E-state index is 5.26. The highest BCUT2D eigenvalue weighted by atomic mass is 16.7. The van der Waals surface area contributed by atoms with E-state index in [9.17, 15) is 0 Å². The molecular weight excluding hydrogens is 172 g/mol. The molecule has 78 valence electrons. The predicted octanol–water partition coefficient (Wildman–Crippen LogP) is 0.825. The summed E-state index contributed by atoms with van der Waals surface area (Å²) in [5.74, 6) is 0. The van der Waals surface area contributed by atoms with E-state index in [1.807, 2.05) is 0 Å². The Morgan fingerprint density at radius 1 is 1.00 bits per heavy atom. The van der Waals surface area contributed by atoms with Crippen LogP contribution in [0.4, 0.5) is 0 Å². The first kappa shape index (κ1) is 12.6. The number of ether oxygens (including phenoxy) is 4. The Balaban J connectivity index is 3.34. The molecule has 0 unspecified atom stereocenters. The van der Waals surface area contributed by atoms with Gasteiger partial charge in [0, 0.05) is 14.2 Å². The lowest BCUT2D eigenvalue weighted by atomic mass is 10.6. The molecule has 13 heavy (non-hydrogen) atoms. The third kappa shape index (κ3) is 7.93. The largest absolute Gasteiger partial charge is 0.382 e. The Morgan fingerprint density at radius 2 is 1.46 bits per heavy atom. The van der Waals surface area contributed by atoms with Gasteiger partial charge in [0.1, 0.15) is 0 Å². The zero-order valence-corrected chi connectivity index (χ0v) is 8.32. The summed E-state index contributed by atoms with van der Waals surface area (Å²) in [7, 11) is 3.25. The van der Waals surface area contributed by atoms with Crippen molar-refractivity contribution in [2.24, 2.45) is 0 Å². The summed E-state index contributed by atoms with van der Waals surface area (Å²) in [4.78, 5) is 0. The van der Waals surface area contributed by atoms with Crippen LogP contribution in [0.15, 0.2) is 12.7 Å². The zero-order valence-electron chi connectivity index (χ0n) is 8.32. The van der Waals surface area contributed by atoms with Crippen molar-refractivity contribution in [2.75, 3.05) is 40.6 Å². The second kappa shape index (κ2) is 9.67. The van der Waals surface area contributed by atoms with Crippen molar-refractivity contribution in [3.05, 3.63) is 12.7 Å². The first-order valence-electron chi connectivity index (χ1n) is 4.18. The van der Waals surface area contributed by atoms with Gasteiger partial charge in [-0.05, 0) is 6.08 Å². The van der Waals surface area contributed by atoms with Crippen molar-refractivity contribution in [1.82, 2.24) is 0 Å². The fourth-order valence-electron chi connectivity index (χ4n) is 0.679. The van der Waals surface area contributed by atoms with Crippen LogP contribution < -0.4 is 0 Å². The topological polar surface area (TPSA) is 36.9 Å². The lowest BCUT2D eigenvalue weighted by Crippen LogP contribution is -2.19. The van der Waals surface area contributed by atoms with Crippen LogP contribution in [0, 0.1) is 0 Å². The minimum Gasteiger partial charge on any atom is -0.382 e. The van der Waals surface area contributed by atoms with Crippen LogP contribution in [0.2, 0.25) is 0 Å². The summed E-state index contributed by atoms with van der Waals surface area (Å²) in [6.45, 7) is 5.69. The third-order valence-electron chi connectivity index (χ3n) is 1.33. The molecule has 0 rings (SSSR count). The van der Waals surface area contributed by atoms with E-state index in [1.165, 1.54) is 0 Å². The molecule has 0 aliphatic carbocycles. The van der Waals surface area contributed by atoms with Crippen LogP contribution in [0.5, 0.6) is 0 Å². The molecule has 0 atom stereocenters. The number of hydrogen-bond donors (Lipinski definition) is 0. The number of rotatable bonds is 9. The molecule has 0 bridgehead atoms. The number of hydrogen-bond acceptors (Lipinski definition) is 4. The van der Waals surface area contributed by atoms with Gasteiger partial charge in [0.25, 0.3) is 0 Å². The maximum Gasteiger partial charge on any atom is 0.176 e. The summed E-state index contributed by atoms with van der Waals surface area (Å²) >= 11 is 0. The van der Waals surface area contributed by atoms with E-state index in [2.05, 4.69) is 6.58 Å². The smallest absolute Gasteiger partial charge is 0.176 e. The molecule has 4 heteroatoms. The van der Waals surface area contributed by atoms with Gasteiger partial charge < -0.3 is 18.9 Å². The summed E-state index contributed by atoms with van der Waals surface area (Å²) in [6.07, 6.45) is 1.23. The van der Waals surface area contributed by atoms with Crippen molar-refractivity contribution in [2.45, 2.75) is 6.29 Å². The van der Waals surface area contributed by atoms with Gasteiger partial charge in [0.05, 0.1) is 26.4 Å². The normalized spacial score (nSPS) is 10.7. The minimum absolute atomic E-state index is 0.370. The second-order valence-electron chi connectivity index (χ2n) is 2.33. The Bertz CT molecular complexity index is 106. The predicted molar refractivity (Wildman–Crippen MR) is 49.6 cm³/mol. The van der Waals surface area contributed by atoms with Gasteiger partial charge in [0.15, 0.2) is 6.29 Å². The second-order valence-corrected chi connectivity index (χ2v) is 2.33. The van der Waals surface area contributed by atoms with Crippen molar-refractivity contribution >= 4 is 0 Å². The van der Waals surface area contributed by atoms with Gasteiger partial charge in [-0.1, -0.05) is 6.58 Å². The van der Waals surface area contributed by atoms with E-state index < -0.39 is 0 Å². The quantitative estimate of drug-likeness (QED) is 0.306. The Labute approximate surface area is 79.4 Å². The van der Waals surface area contributed by atoms with Crippen LogP contribution in [-0.4, -0.2) is 46.9 Å². The SMILES string of the molecule is C=CC(OCCOC)OCCOC. The van der Waals surface area contributed by atoms with Crippen LogP contribution in [0.25, 0.3) is 0 Å². The highest BCUT2D eigenvalue weighted by molar-refractivity contribution is 4.71. The summed E-state index contributed by atoms with van der Waals surface area (Å²) in [5, 5.41) is 0. The average molecular weight is 190 g/mol. The standard InChI is InChI=1S/C9H18O4/c1-4-9(12-7-5-10-2)13-8-6-11-3/h4,9H,1,5-8H2,2-3H3. The molecule has 0 fully saturated rings. The third-order valence-corrected chi connectivity index (χ3v) is 1.33. The van der Waals surface area contributed by atoms with E-state index in [1.54, 1.807) is 20.3 Å². The summed E-state index contributed by atoms with van der Waals surface area (Å²) in [5.41, 5.74) is 0. The Hall–Kier alpha value is -0.420. The van der Waals surface area contributed by atoms with E-state index in [0.717, 1.165) is 0 Å². The monoisotopic (exact) mass is 190 g/mol. The lowest BCUT2D eigenvalue weighted by Gasteiger charge is -2.13. The molecule has 0 aromatic rings. The van der Waals surface area contributed by atoms with Gasteiger partial charge in [-0.25, -0.2) is 0 Å². The van der Waals surface area contributed by atoms with E-state index in [0.29, 0.717) is 26.4 Å². The summed E-state index contributed by atoms with van der Waals surface area (Å²) < 4.78 is 20.2. The van der Waals surface area contributed by atoms with Crippen molar-refractivity contribution in [1.29, 1.82) is 0 Å². The molecule has 0 saturated carbocycles. The van der Waals surface area contributed by atoms with Gasteiger partial charge in [-0.2, -0.15) is 0 Å². The van der Waals surface area contributed by atoms with Crippen molar-refractivity contribution in [3.8, 4) is 0 Å². The van der Waals surface area contributed by atoms with Gasteiger partial charge in [0.2, 0.25) is 0 Å². The first-order valence-corrected chi connectivity index (χ1v) is 4.18. The van der Waals surface area contributed by atoms with Crippen LogP contribution in [-0.2, 0) is 18.9 Å². The highest BCUT2D eigenvalue weighted by Crippen LogP contribution is 1.95. The zero-order chi connectivity index (χ0) is 9.94. The highest BCUT2D eigenvalue weighted by Gasteiger charge is 2.02. The molecule has 0 N–H and O–H groups in total. The molecule has 0 heterocycles. The fourth-order valence-corrected chi connectivity index (χ4v) is 0.679. The van der Waals surface area contributed by atoms with Crippen LogP contribution in [0.1, 0.15) is 0 Å². The molecular formula is C9H18O4. The molecule has 0 amide bonds. The van der Waals surface area contributed by atoms with E-state index >= 15 is 0 Å². The Morgan fingerprint density at radius 3 is 1.77 bits per heavy atom. The molecule has 0 radical (unpaired) electrons. The molecule has 0 aromatic carbocycles. The van der Waals surface area contributed by atoms with E-state index in [4.69, 9.17) is 18.9 Å². The van der Waals surface area contributed by atoms with Gasteiger partial charge in [-0.3, -0.25) is 0 Å². The van der Waals surface area contributed by atoms with Crippen LogP contribution >= 0.6 is 0 Å². The fraction of sp³-hybridized carbons (Fsp3) is 0.778. The van der Waals surface area contributed by atoms with Gasteiger partial charge in [-0.15, -0.1) is 0 Å². The Kier molecular flexibility index (Phi) is 9.35. The van der Waals surface area contributed by atoms with Crippen molar-refractivity contribution < 1.29 is 18.9 Å². The molecule has 0 saturated heterocycles. The number of methoxy groups -OCH3 is 2. The van der Waals surface area contributed by atoms with Crippen LogP contribution in [0.3, 0.4) is 0 Å². The average Bonchev–Trinajstić information content (AvgIpc) is 2.16. The maximum absolute atomic E-state index is 5.26. The van der Waals surface area contributed by atoms with E-state index in [-0.39, 0.29) is 6.29 Å². The molecule has 0 spiro atoms. The lowest BCUT2D eigenvalue weighted by molar-refractivity contribution is -0.126. The minimum atomic E-state index is -0.370. The molecule has 4 nitrogen and oxygen atoms in total. The molecule has 0 aliphatic heterocycles.